The first kappa shape index (κ1) is 14.9. The van der Waals surface area contributed by atoms with Crippen LogP contribution in [-0.4, -0.2) is 39.3 Å². The van der Waals surface area contributed by atoms with Gasteiger partial charge in [-0.2, -0.15) is 0 Å². The van der Waals surface area contributed by atoms with Crippen LogP contribution in [0.4, 0.5) is 4.39 Å². The molecule has 0 aliphatic carbocycles. The summed E-state index contributed by atoms with van der Waals surface area (Å²) in [5, 5.41) is 0. The van der Waals surface area contributed by atoms with Gasteiger partial charge in [-0.25, -0.2) is 4.39 Å². The third-order valence-electron chi connectivity index (χ3n) is 2.28. The Balaban J connectivity index is 2.45. The maximum atomic E-state index is 13.0. The highest BCUT2D eigenvalue weighted by molar-refractivity contribution is 7.53. The van der Waals surface area contributed by atoms with E-state index in [9.17, 15) is 8.96 Å². The third kappa shape index (κ3) is 4.55. The Morgan fingerprint density at radius 3 is 2.47 bits per heavy atom. The lowest BCUT2D eigenvalue weighted by molar-refractivity contribution is 0.0905. The Morgan fingerprint density at radius 1 is 1.47 bits per heavy atom. The van der Waals surface area contributed by atoms with Gasteiger partial charge >= 0.3 is 7.60 Å². The van der Waals surface area contributed by atoms with E-state index >= 15 is 0 Å². The first-order chi connectivity index (χ1) is 8.00. The lowest BCUT2D eigenvalue weighted by atomic mass is 10.0. The van der Waals surface area contributed by atoms with Gasteiger partial charge in [-0.15, -0.1) is 0 Å². The van der Waals surface area contributed by atoms with Crippen LogP contribution in [0.2, 0.25) is 0 Å². The summed E-state index contributed by atoms with van der Waals surface area (Å²) in [6.45, 7) is 4.11. The van der Waals surface area contributed by atoms with Gasteiger partial charge in [-0.3, -0.25) is 4.57 Å². The fourth-order valence-corrected chi connectivity index (χ4v) is 3.25. The number of hydrogen-bond donors (Lipinski definition) is 0. The number of rotatable bonds is 7. The summed E-state index contributed by atoms with van der Waals surface area (Å²) in [5.74, 6) is -0.488. The van der Waals surface area contributed by atoms with Crippen molar-refractivity contribution < 1.29 is 22.7 Å². The monoisotopic (exact) mass is 262 g/mol. The van der Waals surface area contributed by atoms with Gasteiger partial charge in [0, 0.05) is 0 Å². The second-order valence-corrected chi connectivity index (χ2v) is 5.79. The molecular formula is C10H17BFO4P. The van der Waals surface area contributed by atoms with E-state index in [1.165, 1.54) is 6.08 Å². The molecule has 0 saturated heterocycles. The molecule has 1 heterocycles. The van der Waals surface area contributed by atoms with E-state index in [2.05, 4.69) is 0 Å². The molecule has 96 valence electrons. The first-order valence-electron chi connectivity index (χ1n) is 5.67. The van der Waals surface area contributed by atoms with Crippen LogP contribution in [-0.2, 0) is 18.3 Å². The smallest absolute Gasteiger partial charge is 0.330 e. The maximum Gasteiger partial charge on any atom is 0.330 e. The molecule has 1 aliphatic rings. The highest BCUT2D eigenvalue weighted by atomic mass is 31.2. The Kier molecular flexibility index (Phi) is 5.87. The summed E-state index contributed by atoms with van der Waals surface area (Å²) < 4.78 is 40.4. The van der Waals surface area contributed by atoms with Crippen molar-refractivity contribution in [2.24, 2.45) is 0 Å². The van der Waals surface area contributed by atoms with E-state index < -0.39 is 25.5 Å². The van der Waals surface area contributed by atoms with E-state index in [1.54, 1.807) is 13.8 Å². The van der Waals surface area contributed by atoms with Crippen LogP contribution in [0.25, 0.3) is 0 Å². The van der Waals surface area contributed by atoms with Crippen molar-refractivity contribution in [1.82, 2.24) is 0 Å². The van der Waals surface area contributed by atoms with Crippen LogP contribution in [0, 0.1) is 0 Å². The van der Waals surface area contributed by atoms with E-state index in [-0.39, 0.29) is 6.16 Å². The molecule has 2 atom stereocenters. The maximum absolute atomic E-state index is 13.0. The molecule has 0 amide bonds. The van der Waals surface area contributed by atoms with Crippen LogP contribution in [0.15, 0.2) is 11.9 Å². The standard InChI is InChI=1S/C10H17BFO4P/c1-3-14-17(13,15-4-2)6-5-8-7-9(12)10(11)16-8/h7-8,10H,3-6H2,1-2H3. The molecular weight excluding hydrogens is 245 g/mol. The van der Waals surface area contributed by atoms with Crippen molar-refractivity contribution in [3.05, 3.63) is 11.9 Å². The van der Waals surface area contributed by atoms with Gasteiger partial charge in [-0.05, 0) is 26.3 Å². The van der Waals surface area contributed by atoms with Crippen LogP contribution >= 0.6 is 7.60 Å². The highest BCUT2D eigenvalue weighted by Crippen LogP contribution is 2.49. The number of halogens is 1. The Labute approximate surface area is 102 Å². The van der Waals surface area contributed by atoms with Crippen molar-refractivity contribution in [1.29, 1.82) is 0 Å². The van der Waals surface area contributed by atoms with E-state index in [0.29, 0.717) is 19.6 Å². The summed E-state index contributed by atoms with van der Waals surface area (Å²) in [5.41, 5.74) is 0. The second-order valence-electron chi connectivity index (χ2n) is 3.61. The third-order valence-corrected chi connectivity index (χ3v) is 4.39. The van der Waals surface area contributed by atoms with Crippen LogP contribution in [0.5, 0.6) is 0 Å². The largest absolute Gasteiger partial charge is 0.374 e. The predicted octanol–water partition coefficient (Wildman–Crippen LogP) is 2.39. The van der Waals surface area contributed by atoms with Gasteiger partial charge in [0.1, 0.15) is 13.7 Å². The van der Waals surface area contributed by atoms with Crippen LogP contribution in [0.1, 0.15) is 20.3 Å². The van der Waals surface area contributed by atoms with Crippen molar-refractivity contribution in [3.63, 3.8) is 0 Å². The second kappa shape index (κ2) is 6.69. The molecule has 1 rings (SSSR count). The Morgan fingerprint density at radius 2 is 2.06 bits per heavy atom. The van der Waals surface area contributed by atoms with E-state index in [0.717, 1.165) is 0 Å². The Bertz CT molecular complexity index is 313. The van der Waals surface area contributed by atoms with Crippen molar-refractivity contribution in [3.8, 4) is 0 Å². The summed E-state index contributed by atoms with van der Waals surface area (Å²) in [6, 6.07) is -1.00. The molecule has 0 bridgehead atoms. The molecule has 0 saturated carbocycles. The predicted molar refractivity (Wildman–Crippen MR) is 63.9 cm³/mol. The zero-order valence-corrected chi connectivity index (χ0v) is 11.0. The fourth-order valence-electron chi connectivity index (χ4n) is 1.56. The summed E-state index contributed by atoms with van der Waals surface area (Å²) >= 11 is 0. The molecule has 4 nitrogen and oxygen atoms in total. The van der Waals surface area contributed by atoms with E-state index in [4.69, 9.17) is 21.6 Å². The lowest BCUT2D eigenvalue weighted by Gasteiger charge is -2.18. The molecule has 7 heteroatoms. The normalized spacial score (nSPS) is 25.0. The van der Waals surface area contributed by atoms with Gasteiger partial charge in [0.15, 0.2) is 0 Å². The first-order valence-corrected chi connectivity index (χ1v) is 7.40. The van der Waals surface area contributed by atoms with Crippen LogP contribution < -0.4 is 0 Å². The molecule has 0 aromatic rings. The molecule has 2 unspecified atom stereocenters. The minimum atomic E-state index is -3.08. The zero-order chi connectivity index (χ0) is 12.9. The SMILES string of the molecule is [B]C1OC(CCP(=O)(OCC)OCC)C=C1F. The molecule has 0 aromatic heterocycles. The minimum Gasteiger partial charge on any atom is -0.374 e. The highest BCUT2D eigenvalue weighted by Gasteiger charge is 2.28. The average molecular weight is 262 g/mol. The van der Waals surface area contributed by atoms with Gasteiger partial charge in [0.05, 0.1) is 31.5 Å². The average Bonchev–Trinajstić information content (AvgIpc) is 2.57. The van der Waals surface area contributed by atoms with Crippen LogP contribution in [0.3, 0.4) is 0 Å². The molecule has 17 heavy (non-hydrogen) atoms. The summed E-state index contributed by atoms with van der Waals surface area (Å²) in [4.78, 5) is 0. The van der Waals surface area contributed by atoms with Crippen molar-refractivity contribution in [2.45, 2.75) is 32.4 Å². The zero-order valence-electron chi connectivity index (χ0n) is 10.1. The number of ether oxygens (including phenoxy) is 1. The van der Waals surface area contributed by atoms with Crippen molar-refractivity contribution in [2.75, 3.05) is 19.4 Å². The number of hydrogen-bond acceptors (Lipinski definition) is 4. The summed E-state index contributed by atoms with van der Waals surface area (Å²) in [6.07, 6.45) is 1.39. The summed E-state index contributed by atoms with van der Waals surface area (Å²) in [7, 11) is 2.24. The molecule has 0 aromatic carbocycles. The molecule has 0 spiro atoms. The van der Waals surface area contributed by atoms with Gasteiger partial charge < -0.3 is 13.8 Å². The van der Waals surface area contributed by atoms with Crippen molar-refractivity contribution >= 4 is 15.4 Å². The molecule has 0 N–H and O–H groups in total. The topological polar surface area (TPSA) is 44.8 Å². The fraction of sp³-hybridized carbons (Fsp3) is 0.800. The van der Waals surface area contributed by atoms with Gasteiger partial charge in [0.2, 0.25) is 0 Å². The van der Waals surface area contributed by atoms with Gasteiger partial charge in [-0.1, -0.05) is 0 Å². The minimum absolute atomic E-state index is 0.190. The quantitative estimate of drug-likeness (QED) is 0.522. The molecule has 1 aliphatic heterocycles. The lowest BCUT2D eigenvalue weighted by Crippen LogP contribution is -2.15. The molecule has 0 fully saturated rings. The van der Waals surface area contributed by atoms with E-state index in [1.807, 2.05) is 0 Å². The van der Waals surface area contributed by atoms with Gasteiger partial charge in [0.25, 0.3) is 0 Å². The Hall–Kier alpha value is -0.155. The molecule has 2 radical (unpaired) electrons.